The van der Waals surface area contributed by atoms with Gasteiger partial charge in [-0.05, 0) is 40.3 Å². The molecule has 106 valence electrons. The summed E-state index contributed by atoms with van der Waals surface area (Å²) in [6.45, 7) is 8.41. The smallest absolute Gasteiger partial charge is 0.119 e. The third-order valence-corrected chi connectivity index (χ3v) is 3.72. The molecular formula is C18H22O2. The van der Waals surface area contributed by atoms with Gasteiger partial charge in [0.2, 0.25) is 0 Å². The van der Waals surface area contributed by atoms with Crippen molar-refractivity contribution in [2.45, 2.75) is 39.0 Å². The second-order valence-corrected chi connectivity index (χ2v) is 6.34. The van der Waals surface area contributed by atoms with Gasteiger partial charge in [0.15, 0.2) is 0 Å². The number of phenols is 2. The molecule has 0 bridgehead atoms. The predicted octanol–water partition coefficient (Wildman–Crippen LogP) is 4.55. The lowest BCUT2D eigenvalue weighted by Crippen LogP contribution is -2.12. The zero-order valence-electron chi connectivity index (χ0n) is 12.5. The summed E-state index contributed by atoms with van der Waals surface area (Å²) in [5, 5.41) is 19.4. The summed E-state index contributed by atoms with van der Waals surface area (Å²) in [6.07, 6.45) is 0. The summed E-state index contributed by atoms with van der Waals surface area (Å²) in [5.74, 6) is 0.846. The first-order valence-corrected chi connectivity index (χ1v) is 6.91. The van der Waals surface area contributed by atoms with Crippen molar-refractivity contribution < 1.29 is 10.2 Å². The predicted molar refractivity (Wildman–Crippen MR) is 82.4 cm³/mol. The van der Waals surface area contributed by atoms with Crippen molar-refractivity contribution in [3.63, 3.8) is 0 Å². The Kier molecular flexibility index (Phi) is 3.76. The summed E-state index contributed by atoms with van der Waals surface area (Å²) in [4.78, 5) is 0. The molecule has 0 aliphatic heterocycles. The zero-order valence-corrected chi connectivity index (χ0v) is 12.5. The van der Waals surface area contributed by atoms with E-state index in [2.05, 4.69) is 33.8 Å². The van der Waals surface area contributed by atoms with Crippen molar-refractivity contribution in [1.82, 2.24) is 0 Å². The van der Waals surface area contributed by atoms with Crippen LogP contribution in [-0.4, -0.2) is 10.2 Å². The maximum Gasteiger partial charge on any atom is 0.119 e. The Morgan fingerprint density at radius 2 is 1.40 bits per heavy atom. The molecule has 0 aliphatic rings. The minimum absolute atomic E-state index is 0.0885. The lowest BCUT2D eigenvalue weighted by Gasteiger charge is -2.23. The Morgan fingerprint density at radius 1 is 0.850 bits per heavy atom. The number of aromatic hydroxyl groups is 2. The van der Waals surface area contributed by atoms with Crippen molar-refractivity contribution >= 4 is 0 Å². The largest absolute Gasteiger partial charge is 0.508 e. The molecule has 0 saturated heterocycles. The molecule has 2 aromatic carbocycles. The fourth-order valence-corrected chi connectivity index (χ4v) is 2.38. The van der Waals surface area contributed by atoms with E-state index < -0.39 is 0 Å². The third kappa shape index (κ3) is 2.96. The SMILES string of the molecule is CC(c1ccc(O)cc1)c1ccc(O)c(C(C)(C)C)c1. The molecule has 2 heteroatoms. The highest BCUT2D eigenvalue weighted by molar-refractivity contribution is 5.44. The Morgan fingerprint density at radius 3 is 1.95 bits per heavy atom. The van der Waals surface area contributed by atoms with Gasteiger partial charge in [-0.3, -0.25) is 0 Å². The van der Waals surface area contributed by atoms with Crippen LogP contribution in [0.1, 0.15) is 50.3 Å². The molecule has 2 aromatic rings. The minimum Gasteiger partial charge on any atom is -0.508 e. The number of hydrogen-bond donors (Lipinski definition) is 2. The zero-order chi connectivity index (χ0) is 14.9. The normalized spacial score (nSPS) is 13.2. The van der Waals surface area contributed by atoms with Gasteiger partial charge < -0.3 is 10.2 Å². The molecule has 0 heterocycles. The molecule has 0 aliphatic carbocycles. The van der Waals surface area contributed by atoms with E-state index in [-0.39, 0.29) is 17.1 Å². The lowest BCUT2D eigenvalue weighted by molar-refractivity contribution is 0.446. The molecule has 1 unspecified atom stereocenters. The second kappa shape index (κ2) is 5.20. The van der Waals surface area contributed by atoms with Gasteiger partial charge in [0.25, 0.3) is 0 Å². The quantitative estimate of drug-likeness (QED) is 0.840. The molecule has 0 radical (unpaired) electrons. The highest BCUT2D eigenvalue weighted by Gasteiger charge is 2.20. The third-order valence-electron chi connectivity index (χ3n) is 3.72. The average molecular weight is 270 g/mol. The average Bonchev–Trinajstić information content (AvgIpc) is 2.38. The monoisotopic (exact) mass is 270 g/mol. The van der Waals surface area contributed by atoms with Crippen LogP contribution in [0.4, 0.5) is 0 Å². The fourth-order valence-electron chi connectivity index (χ4n) is 2.38. The van der Waals surface area contributed by atoms with Gasteiger partial charge in [-0.15, -0.1) is 0 Å². The van der Waals surface area contributed by atoms with Crippen LogP contribution in [0, 0.1) is 0 Å². The van der Waals surface area contributed by atoms with Crippen LogP contribution in [0.2, 0.25) is 0 Å². The van der Waals surface area contributed by atoms with Gasteiger partial charge in [0.05, 0.1) is 0 Å². The van der Waals surface area contributed by atoms with Gasteiger partial charge in [-0.1, -0.05) is 52.0 Å². The number of hydrogen-bond acceptors (Lipinski definition) is 2. The molecule has 0 amide bonds. The summed E-state index contributed by atoms with van der Waals surface area (Å²) < 4.78 is 0. The molecule has 0 spiro atoms. The van der Waals surface area contributed by atoms with Crippen LogP contribution in [0.3, 0.4) is 0 Å². The van der Waals surface area contributed by atoms with Crippen molar-refractivity contribution in [3.05, 3.63) is 59.2 Å². The van der Waals surface area contributed by atoms with Crippen molar-refractivity contribution in [2.75, 3.05) is 0 Å². The highest BCUT2D eigenvalue weighted by Crippen LogP contribution is 2.34. The van der Waals surface area contributed by atoms with E-state index in [9.17, 15) is 10.2 Å². The van der Waals surface area contributed by atoms with Crippen molar-refractivity contribution in [3.8, 4) is 11.5 Å². The lowest BCUT2D eigenvalue weighted by atomic mass is 9.83. The molecule has 0 fully saturated rings. The second-order valence-electron chi connectivity index (χ2n) is 6.34. The van der Waals surface area contributed by atoms with Gasteiger partial charge in [0, 0.05) is 5.92 Å². The highest BCUT2D eigenvalue weighted by atomic mass is 16.3. The summed E-state index contributed by atoms with van der Waals surface area (Å²) in [6, 6.07) is 13.1. The van der Waals surface area contributed by atoms with E-state index in [1.807, 2.05) is 18.2 Å². The van der Waals surface area contributed by atoms with Gasteiger partial charge in [0.1, 0.15) is 11.5 Å². The molecule has 0 saturated carbocycles. The number of rotatable bonds is 2. The maximum absolute atomic E-state index is 10.0. The Balaban J connectivity index is 2.40. The topological polar surface area (TPSA) is 40.5 Å². The Hall–Kier alpha value is -1.96. The molecule has 20 heavy (non-hydrogen) atoms. The fraction of sp³-hybridized carbons (Fsp3) is 0.333. The summed E-state index contributed by atoms with van der Waals surface area (Å²) in [7, 11) is 0. The van der Waals surface area contributed by atoms with Gasteiger partial charge in [-0.2, -0.15) is 0 Å². The first-order valence-electron chi connectivity index (χ1n) is 6.91. The molecular weight excluding hydrogens is 248 g/mol. The van der Waals surface area contributed by atoms with Crippen LogP contribution in [-0.2, 0) is 5.41 Å². The van der Waals surface area contributed by atoms with Crippen molar-refractivity contribution in [2.24, 2.45) is 0 Å². The van der Waals surface area contributed by atoms with Gasteiger partial charge >= 0.3 is 0 Å². The van der Waals surface area contributed by atoms with Crippen LogP contribution in [0.5, 0.6) is 11.5 Å². The van der Waals surface area contributed by atoms with E-state index in [1.54, 1.807) is 18.2 Å². The molecule has 2 rings (SSSR count). The van der Waals surface area contributed by atoms with E-state index >= 15 is 0 Å². The summed E-state index contributed by atoms with van der Waals surface area (Å²) in [5.41, 5.74) is 3.18. The molecule has 2 N–H and O–H groups in total. The van der Waals surface area contributed by atoms with Crippen molar-refractivity contribution in [1.29, 1.82) is 0 Å². The minimum atomic E-state index is -0.0885. The van der Waals surface area contributed by atoms with E-state index in [0.717, 1.165) is 11.1 Å². The van der Waals surface area contributed by atoms with Crippen LogP contribution < -0.4 is 0 Å². The van der Waals surface area contributed by atoms with Gasteiger partial charge in [-0.25, -0.2) is 0 Å². The van der Waals surface area contributed by atoms with Crippen LogP contribution >= 0.6 is 0 Å². The number of benzene rings is 2. The Bertz CT molecular complexity index is 592. The number of phenolic OH excluding ortho intramolecular Hbond substituents is 2. The van der Waals surface area contributed by atoms with E-state index in [4.69, 9.17) is 0 Å². The first-order chi connectivity index (χ1) is 9.29. The molecule has 2 nitrogen and oxygen atoms in total. The maximum atomic E-state index is 10.0. The molecule has 0 aromatic heterocycles. The Labute approximate surface area is 120 Å². The summed E-state index contributed by atoms with van der Waals surface area (Å²) >= 11 is 0. The van der Waals surface area contributed by atoms with E-state index in [0.29, 0.717) is 5.75 Å². The van der Waals surface area contributed by atoms with Crippen LogP contribution in [0.25, 0.3) is 0 Å². The van der Waals surface area contributed by atoms with Crippen LogP contribution in [0.15, 0.2) is 42.5 Å². The first kappa shape index (κ1) is 14.4. The standard InChI is InChI=1S/C18H22O2/c1-12(13-5-8-15(19)9-6-13)14-7-10-17(20)16(11-14)18(2,3)4/h5-12,19-20H,1-4H3. The van der Waals surface area contributed by atoms with E-state index in [1.165, 1.54) is 5.56 Å². The molecule has 1 atom stereocenters.